The molecule has 29 heavy (non-hydrogen) atoms. The van der Waals surface area contributed by atoms with Crippen LogP contribution in [0.1, 0.15) is 49.3 Å². The molecular formula is C24H26N4O. The largest absolute Gasteiger partial charge is 0.322 e. The quantitative estimate of drug-likeness (QED) is 0.680. The fourth-order valence-electron chi connectivity index (χ4n) is 3.91. The van der Waals surface area contributed by atoms with Crippen molar-refractivity contribution in [3.8, 4) is 0 Å². The zero-order valence-electron chi connectivity index (χ0n) is 17.3. The minimum Gasteiger partial charge on any atom is -0.322 e. The molecule has 3 aromatic rings. The topological polar surface area (TPSA) is 58.1 Å². The molecule has 0 fully saturated rings. The van der Waals surface area contributed by atoms with Gasteiger partial charge in [0, 0.05) is 17.4 Å². The van der Waals surface area contributed by atoms with Gasteiger partial charge in [0.15, 0.2) is 5.82 Å². The third-order valence-corrected chi connectivity index (χ3v) is 5.31. The van der Waals surface area contributed by atoms with E-state index in [0.717, 1.165) is 29.2 Å². The Morgan fingerprint density at radius 2 is 1.76 bits per heavy atom. The van der Waals surface area contributed by atoms with E-state index in [1.807, 2.05) is 30.3 Å². The average Bonchev–Trinajstić information content (AvgIpc) is 3.03. The zero-order chi connectivity index (χ0) is 20.6. The van der Waals surface area contributed by atoms with Crippen molar-refractivity contribution < 1.29 is 4.79 Å². The second-order valence-corrected chi connectivity index (χ2v) is 8.56. The lowest BCUT2D eigenvalue weighted by atomic mass is 9.86. The van der Waals surface area contributed by atoms with E-state index in [1.54, 1.807) is 12.4 Å². The van der Waals surface area contributed by atoms with Gasteiger partial charge >= 0.3 is 0 Å². The van der Waals surface area contributed by atoms with Gasteiger partial charge in [-0.15, -0.1) is 0 Å². The number of nitrogens with zero attached hydrogens (tertiary/aromatic N) is 3. The Labute approximate surface area is 171 Å². The van der Waals surface area contributed by atoms with E-state index in [-0.39, 0.29) is 11.3 Å². The molecule has 0 aliphatic carbocycles. The predicted octanol–water partition coefficient (Wildman–Crippen LogP) is 5.11. The molecule has 0 radical (unpaired) electrons. The van der Waals surface area contributed by atoms with Gasteiger partial charge in [-0.25, -0.2) is 9.97 Å². The van der Waals surface area contributed by atoms with Crippen LogP contribution in [-0.2, 0) is 11.8 Å². The molecule has 0 saturated carbocycles. The SMILES string of the molecule is CC1Cc2ccccc2N1c1cnc(C(=O)Nc2ccccc2C(C)(C)C)cn1. The van der Waals surface area contributed by atoms with Crippen molar-refractivity contribution in [1.82, 2.24) is 9.97 Å². The summed E-state index contributed by atoms with van der Waals surface area (Å²) in [6.45, 7) is 8.55. The number of anilines is 3. The Balaban J connectivity index is 1.56. The monoisotopic (exact) mass is 386 g/mol. The van der Waals surface area contributed by atoms with Gasteiger partial charge in [-0.1, -0.05) is 57.2 Å². The van der Waals surface area contributed by atoms with Crippen LogP contribution in [0, 0.1) is 0 Å². The number of benzene rings is 2. The second-order valence-electron chi connectivity index (χ2n) is 8.56. The Bertz CT molecular complexity index is 1040. The summed E-state index contributed by atoms with van der Waals surface area (Å²) in [7, 11) is 0. The van der Waals surface area contributed by atoms with Crippen molar-refractivity contribution in [3.63, 3.8) is 0 Å². The van der Waals surface area contributed by atoms with Crippen molar-refractivity contribution >= 4 is 23.1 Å². The summed E-state index contributed by atoms with van der Waals surface area (Å²) in [5.74, 6) is 0.504. The first-order valence-corrected chi connectivity index (χ1v) is 9.94. The van der Waals surface area contributed by atoms with Crippen LogP contribution in [0.15, 0.2) is 60.9 Å². The van der Waals surface area contributed by atoms with Crippen LogP contribution >= 0.6 is 0 Å². The molecule has 1 N–H and O–H groups in total. The highest BCUT2D eigenvalue weighted by molar-refractivity contribution is 6.03. The van der Waals surface area contributed by atoms with E-state index in [2.05, 4.69) is 66.1 Å². The predicted molar refractivity (Wildman–Crippen MR) is 117 cm³/mol. The van der Waals surface area contributed by atoms with Crippen LogP contribution in [0.4, 0.5) is 17.2 Å². The summed E-state index contributed by atoms with van der Waals surface area (Å²) in [5.41, 5.74) is 4.59. The van der Waals surface area contributed by atoms with Crippen molar-refractivity contribution in [3.05, 3.63) is 77.7 Å². The molecule has 1 aliphatic rings. The number of para-hydroxylation sites is 2. The van der Waals surface area contributed by atoms with E-state index < -0.39 is 0 Å². The zero-order valence-corrected chi connectivity index (χ0v) is 17.3. The van der Waals surface area contributed by atoms with Crippen molar-refractivity contribution in [2.75, 3.05) is 10.2 Å². The van der Waals surface area contributed by atoms with Gasteiger partial charge in [0.2, 0.25) is 0 Å². The number of hydrogen-bond acceptors (Lipinski definition) is 4. The number of hydrogen-bond donors (Lipinski definition) is 1. The molecule has 5 nitrogen and oxygen atoms in total. The maximum Gasteiger partial charge on any atom is 0.275 e. The third kappa shape index (κ3) is 3.73. The van der Waals surface area contributed by atoms with Crippen LogP contribution in [0.25, 0.3) is 0 Å². The van der Waals surface area contributed by atoms with E-state index in [1.165, 1.54) is 5.56 Å². The van der Waals surface area contributed by atoms with Crippen molar-refractivity contribution in [1.29, 1.82) is 0 Å². The van der Waals surface area contributed by atoms with E-state index in [4.69, 9.17) is 0 Å². The Morgan fingerprint density at radius 3 is 2.48 bits per heavy atom. The highest BCUT2D eigenvalue weighted by Crippen LogP contribution is 2.36. The van der Waals surface area contributed by atoms with Gasteiger partial charge in [-0.2, -0.15) is 0 Å². The molecule has 1 atom stereocenters. The molecule has 0 saturated heterocycles. The van der Waals surface area contributed by atoms with E-state index >= 15 is 0 Å². The molecule has 1 aromatic heterocycles. The summed E-state index contributed by atoms with van der Waals surface area (Å²) in [6.07, 6.45) is 4.21. The average molecular weight is 386 g/mol. The molecule has 2 heterocycles. The lowest BCUT2D eigenvalue weighted by Crippen LogP contribution is -2.25. The first kappa shape index (κ1) is 19.1. The molecule has 0 spiro atoms. The van der Waals surface area contributed by atoms with Crippen molar-refractivity contribution in [2.24, 2.45) is 0 Å². The minimum absolute atomic E-state index is 0.0707. The Morgan fingerprint density at radius 1 is 1.03 bits per heavy atom. The molecule has 4 rings (SSSR count). The normalized spacial score (nSPS) is 15.9. The number of carbonyl (C=O) groups is 1. The first-order valence-electron chi connectivity index (χ1n) is 9.94. The molecule has 1 amide bonds. The molecule has 1 aliphatic heterocycles. The summed E-state index contributed by atoms with van der Waals surface area (Å²) in [5, 5.41) is 2.99. The second kappa shape index (κ2) is 7.32. The fourth-order valence-corrected chi connectivity index (χ4v) is 3.91. The number of rotatable bonds is 3. The number of amides is 1. The summed E-state index contributed by atoms with van der Waals surface area (Å²) < 4.78 is 0. The summed E-state index contributed by atoms with van der Waals surface area (Å²) in [4.78, 5) is 23.9. The molecule has 148 valence electrons. The molecular weight excluding hydrogens is 360 g/mol. The van der Waals surface area contributed by atoms with Crippen LogP contribution in [0.3, 0.4) is 0 Å². The van der Waals surface area contributed by atoms with Crippen LogP contribution < -0.4 is 10.2 Å². The molecule has 2 aromatic carbocycles. The Hall–Kier alpha value is -3.21. The molecule has 5 heteroatoms. The third-order valence-electron chi connectivity index (χ3n) is 5.31. The van der Waals surface area contributed by atoms with Gasteiger partial charge in [0.05, 0.1) is 12.4 Å². The van der Waals surface area contributed by atoms with Gasteiger partial charge in [0.1, 0.15) is 5.69 Å². The number of fused-ring (bicyclic) bond motifs is 1. The van der Waals surface area contributed by atoms with Gasteiger partial charge in [0.25, 0.3) is 5.91 Å². The van der Waals surface area contributed by atoms with E-state index in [0.29, 0.717) is 11.7 Å². The molecule has 0 bridgehead atoms. The van der Waals surface area contributed by atoms with E-state index in [9.17, 15) is 4.79 Å². The van der Waals surface area contributed by atoms with Crippen LogP contribution in [0.2, 0.25) is 0 Å². The number of aromatic nitrogens is 2. The summed E-state index contributed by atoms with van der Waals surface area (Å²) in [6, 6.07) is 16.5. The number of carbonyl (C=O) groups excluding carboxylic acids is 1. The lowest BCUT2D eigenvalue weighted by Gasteiger charge is -2.24. The highest BCUT2D eigenvalue weighted by atomic mass is 16.1. The lowest BCUT2D eigenvalue weighted by molar-refractivity contribution is 0.102. The molecule has 1 unspecified atom stereocenters. The van der Waals surface area contributed by atoms with Crippen LogP contribution in [-0.4, -0.2) is 21.9 Å². The van der Waals surface area contributed by atoms with Gasteiger partial charge in [-0.05, 0) is 42.0 Å². The highest BCUT2D eigenvalue weighted by Gasteiger charge is 2.28. The van der Waals surface area contributed by atoms with Gasteiger partial charge in [-0.3, -0.25) is 4.79 Å². The Kier molecular flexibility index (Phi) is 4.82. The maximum absolute atomic E-state index is 12.8. The number of nitrogens with one attached hydrogen (secondary N) is 1. The van der Waals surface area contributed by atoms with Gasteiger partial charge < -0.3 is 10.2 Å². The smallest absolute Gasteiger partial charge is 0.275 e. The van der Waals surface area contributed by atoms with Crippen molar-refractivity contribution in [2.45, 2.75) is 45.6 Å². The standard InChI is InChI=1S/C24H26N4O/c1-16-13-17-9-5-8-12-21(17)28(16)22-15-25-20(14-26-22)23(29)27-19-11-7-6-10-18(19)24(2,3)4/h5-12,14-16H,13H2,1-4H3,(H,27,29). The van der Waals surface area contributed by atoms with Crippen LogP contribution in [0.5, 0.6) is 0 Å². The minimum atomic E-state index is -0.254. The fraction of sp³-hybridized carbons (Fsp3) is 0.292. The maximum atomic E-state index is 12.8. The first-order chi connectivity index (χ1) is 13.8. The summed E-state index contributed by atoms with van der Waals surface area (Å²) >= 11 is 0.